The zero-order valence-corrected chi connectivity index (χ0v) is 27.0. The Hall–Kier alpha value is -2.36. The number of fused-ring (bicyclic) bond motifs is 5. The van der Waals surface area contributed by atoms with Gasteiger partial charge < -0.3 is 9.47 Å². The molecule has 42 heavy (non-hydrogen) atoms. The summed E-state index contributed by atoms with van der Waals surface area (Å²) in [4.78, 5) is 24.8. The fraction of sp³-hybridized carbons (Fsp3) is 0.684. The van der Waals surface area contributed by atoms with E-state index in [0.717, 1.165) is 54.8 Å². The van der Waals surface area contributed by atoms with Gasteiger partial charge in [0, 0.05) is 12.0 Å². The molecule has 0 radical (unpaired) electrons. The van der Waals surface area contributed by atoms with Crippen molar-refractivity contribution in [3.63, 3.8) is 0 Å². The molecule has 0 aromatic heterocycles. The number of ether oxygens (including phenoxy) is 2. The second-order valence-electron chi connectivity index (χ2n) is 15.3. The molecule has 0 N–H and O–H groups in total. The van der Waals surface area contributed by atoms with Crippen molar-refractivity contribution in [2.75, 3.05) is 0 Å². The minimum absolute atomic E-state index is 0.0781. The van der Waals surface area contributed by atoms with Crippen LogP contribution in [0.2, 0.25) is 0 Å². The fourth-order valence-electron chi connectivity index (χ4n) is 9.83. The van der Waals surface area contributed by atoms with Crippen molar-refractivity contribution in [2.24, 2.45) is 46.3 Å². The predicted octanol–water partition coefficient (Wildman–Crippen LogP) is 9.73. The topological polar surface area (TPSA) is 52.6 Å². The Labute approximate surface area is 254 Å². The molecule has 3 fully saturated rings. The summed E-state index contributed by atoms with van der Waals surface area (Å²) in [5, 5.41) is 0. The molecule has 1 aromatic carbocycles. The number of esters is 2. The first-order chi connectivity index (χ1) is 19.9. The average molecular weight is 575 g/mol. The Morgan fingerprint density at radius 2 is 1.71 bits per heavy atom. The molecular formula is C38H54O4. The van der Waals surface area contributed by atoms with E-state index in [4.69, 9.17) is 9.47 Å². The second kappa shape index (κ2) is 12.3. The Morgan fingerprint density at radius 3 is 2.40 bits per heavy atom. The highest BCUT2D eigenvalue weighted by molar-refractivity contribution is 5.90. The predicted molar refractivity (Wildman–Crippen MR) is 169 cm³/mol. The van der Waals surface area contributed by atoms with E-state index in [9.17, 15) is 9.59 Å². The van der Waals surface area contributed by atoms with Gasteiger partial charge in [-0.1, -0.05) is 72.1 Å². The second-order valence-corrected chi connectivity index (χ2v) is 15.3. The molecule has 0 amide bonds. The molecule has 230 valence electrons. The molecule has 1 unspecified atom stereocenters. The molecule has 4 heteroatoms. The summed E-state index contributed by atoms with van der Waals surface area (Å²) in [6, 6.07) is 6.60. The quantitative estimate of drug-likeness (QED) is 0.127. The first-order valence-electron chi connectivity index (χ1n) is 16.8. The van der Waals surface area contributed by atoms with Crippen molar-refractivity contribution in [1.29, 1.82) is 0 Å². The molecule has 0 saturated heterocycles. The van der Waals surface area contributed by atoms with Gasteiger partial charge in [-0.25, -0.2) is 9.59 Å². The fourth-order valence-corrected chi connectivity index (χ4v) is 9.83. The van der Waals surface area contributed by atoms with Gasteiger partial charge in [0.05, 0.1) is 5.56 Å². The van der Waals surface area contributed by atoms with Gasteiger partial charge in [0.2, 0.25) is 0 Å². The summed E-state index contributed by atoms with van der Waals surface area (Å²) in [5.74, 6) is 4.59. The number of hydrogen-bond acceptors (Lipinski definition) is 4. The first kappa shape index (κ1) is 31.1. The summed E-state index contributed by atoms with van der Waals surface area (Å²) < 4.78 is 11.3. The van der Waals surface area contributed by atoms with E-state index in [1.54, 1.807) is 31.2 Å². The maximum Gasteiger partial charge on any atom is 0.338 e. The van der Waals surface area contributed by atoms with Crippen LogP contribution in [0.4, 0.5) is 0 Å². The summed E-state index contributed by atoms with van der Waals surface area (Å²) in [7, 11) is 0. The zero-order valence-electron chi connectivity index (χ0n) is 27.0. The van der Waals surface area contributed by atoms with Gasteiger partial charge in [-0.3, -0.25) is 0 Å². The Kier molecular flexibility index (Phi) is 9.12. The van der Waals surface area contributed by atoms with Gasteiger partial charge in [-0.2, -0.15) is 0 Å². The molecule has 1 aromatic rings. The minimum atomic E-state index is -0.472. The number of carbonyl (C=O) groups excluding carboxylic acids is 2. The lowest BCUT2D eigenvalue weighted by Crippen LogP contribution is -2.51. The third kappa shape index (κ3) is 6.02. The normalized spacial score (nSPS) is 34.5. The number of allylic oxidation sites excluding steroid dienone is 1. The van der Waals surface area contributed by atoms with Crippen molar-refractivity contribution in [1.82, 2.24) is 0 Å². The lowest BCUT2D eigenvalue weighted by molar-refractivity contribution is -0.130. The minimum Gasteiger partial charge on any atom is -0.458 e. The molecule has 4 nitrogen and oxygen atoms in total. The number of carbonyl (C=O) groups is 2. The van der Waals surface area contributed by atoms with Gasteiger partial charge in [-0.05, 0) is 122 Å². The van der Waals surface area contributed by atoms with Crippen LogP contribution in [0.1, 0.15) is 123 Å². The van der Waals surface area contributed by atoms with Gasteiger partial charge in [0.1, 0.15) is 11.9 Å². The summed E-state index contributed by atoms with van der Waals surface area (Å²) >= 11 is 0. The van der Waals surface area contributed by atoms with Crippen LogP contribution >= 0.6 is 0 Å². The van der Waals surface area contributed by atoms with Crippen molar-refractivity contribution in [3.8, 4) is 5.75 Å². The molecule has 0 heterocycles. The smallest absolute Gasteiger partial charge is 0.338 e. The third-order valence-corrected chi connectivity index (χ3v) is 12.2. The van der Waals surface area contributed by atoms with Gasteiger partial charge in [0.15, 0.2) is 0 Å². The average Bonchev–Trinajstić information content (AvgIpc) is 3.30. The standard InChI is InChI=1S/C38H54O4/c1-24(2)9-8-10-26(5)32-17-18-33-31-16-13-28-23-30(19-21-37(28,6)34(31)20-22-38(32,33)7)42-36(40)27-11-14-29(15-12-27)41-35(39)25(3)4/h11-15,24,26,30-34H,3,8-10,16-23H2,1-2,4-7H3/t26-,30?,31+,32-,33+,34+,37+,38-/m1/s1. The van der Waals surface area contributed by atoms with Crippen LogP contribution in [0.25, 0.3) is 0 Å². The Morgan fingerprint density at radius 1 is 0.976 bits per heavy atom. The number of hydrogen-bond donors (Lipinski definition) is 0. The van der Waals surface area contributed by atoms with E-state index in [-0.39, 0.29) is 17.5 Å². The molecule has 8 atom stereocenters. The summed E-state index contributed by atoms with van der Waals surface area (Å²) in [6.45, 7) is 17.7. The van der Waals surface area contributed by atoms with Crippen LogP contribution in [0, 0.1) is 46.3 Å². The Bertz CT molecular complexity index is 1190. The molecule has 5 rings (SSSR count). The third-order valence-electron chi connectivity index (χ3n) is 12.2. The van der Waals surface area contributed by atoms with E-state index >= 15 is 0 Å². The van der Waals surface area contributed by atoms with Crippen LogP contribution < -0.4 is 4.74 Å². The number of benzene rings is 1. The SMILES string of the molecule is C=C(C)C(=O)Oc1ccc(C(=O)OC2CC[C@@]3(C)C(=CC[C@H]4[C@@H]5CC[C@H]([C@H](C)CCCC(C)C)[C@@]5(C)CC[C@@H]43)C2)cc1. The van der Waals surface area contributed by atoms with Gasteiger partial charge >= 0.3 is 11.9 Å². The maximum atomic E-state index is 13.0. The Balaban J connectivity index is 1.20. The number of rotatable bonds is 9. The van der Waals surface area contributed by atoms with Gasteiger partial charge in [0.25, 0.3) is 0 Å². The van der Waals surface area contributed by atoms with Crippen LogP contribution in [0.15, 0.2) is 48.1 Å². The van der Waals surface area contributed by atoms with Crippen molar-refractivity contribution in [3.05, 3.63) is 53.6 Å². The molecule has 0 aliphatic heterocycles. The first-order valence-corrected chi connectivity index (χ1v) is 16.8. The summed E-state index contributed by atoms with van der Waals surface area (Å²) in [6.07, 6.45) is 16.3. The lowest BCUT2D eigenvalue weighted by Gasteiger charge is -2.58. The molecule has 3 saturated carbocycles. The largest absolute Gasteiger partial charge is 0.458 e. The zero-order chi connectivity index (χ0) is 30.2. The molecule has 4 aliphatic carbocycles. The molecule has 4 aliphatic rings. The summed E-state index contributed by atoms with van der Waals surface area (Å²) in [5.41, 5.74) is 3.10. The highest BCUT2D eigenvalue weighted by Gasteiger charge is 2.59. The van der Waals surface area contributed by atoms with Crippen molar-refractivity contribution >= 4 is 11.9 Å². The monoisotopic (exact) mass is 574 g/mol. The molecular weight excluding hydrogens is 520 g/mol. The van der Waals surface area contributed by atoms with Crippen molar-refractivity contribution in [2.45, 2.75) is 118 Å². The molecule has 0 bridgehead atoms. The van der Waals surface area contributed by atoms with Crippen LogP contribution in [-0.4, -0.2) is 18.0 Å². The van der Waals surface area contributed by atoms with Gasteiger partial charge in [-0.15, -0.1) is 0 Å². The molecule has 0 spiro atoms. The van der Waals surface area contributed by atoms with E-state index in [1.165, 1.54) is 56.9 Å². The van der Waals surface area contributed by atoms with Crippen molar-refractivity contribution < 1.29 is 19.1 Å². The lowest BCUT2D eigenvalue weighted by atomic mass is 9.47. The van der Waals surface area contributed by atoms with Crippen LogP contribution in [-0.2, 0) is 9.53 Å². The highest BCUT2D eigenvalue weighted by atomic mass is 16.5. The van der Waals surface area contributed by atoms with E-state index in [2.05, 4.69) is 47.3 Å². The van der Waals surface area contributed by atoms with E-state index in [1.807, 2.05) is 0 Å². The van der Waals surface area contributed by atoms with E-state index < -0.39 is 5.97 Å². The van der Waals surface area contributed by atoms with E-state index in [0.29, 0.717) is 22.3 Å². The maximum absolute atomic E-state index is 13.0. The van der Waals surface area contributed by atoms with Crippen LogP contribution in [0.3, 0.4) is 0 Å². The highest BCUT2D eigenvalue weighted by Crippen LogP contribution is 2.67. The van der Waals surface area contributed by atoms with Crippen LogP contribution in [0.5, 0.6) is 5.75 Å².